The first-order chi connectivity index (χ1) is 7.66. The Morgan fingerprint density at radius 1 is 0.875 bits per heavy atom. The van der Waals surface area contributed by atoms with Crippen LogP contribution in [0.25, 0.3) is 0 Å². The summed E-state index contributed by atoms with van der Waals surface area (Å²) in [5.41, 5.74) is 9.26. The van der Waals surface area contributed by atoms with Crippen molar-refractivity contribution in [3.8, 4) is 0 Å². The number of nitrogens with two attached hydrogens (primary N) is 1. The number of benzene rings is 2. The highest BCUT2D eigenvalue weighted by molar-refractivity contribution is 5.41. The molecule has 0 fully saturated rings. The minimum absolute atomic E-state index is 0.582. The van der Waals surface area contributed by atoms with E-state index in [2.05, 4.69) is 0 Å². The van der Waals surface area contributed by atoms with E-state index < -0.39 is 6.10 Å². The molecule has 0 spiro atoms. The van der Waals surface area contributed by atoms with E-state index in [1.54, 1.807) is 12.1 Å². The van der Waals surface area contributed by atoms with Crippen molar-refractivity contribution in [3.05, 3.63) is 65.2 Å². The van der Waals surface area contributed by atoms with E-state index in [4.69, 9.17) is 5.73 Å². The van der Waals surface area contributed by atoms with Gasteiger partial charge in [-0.3, -0.25) is 0 Å². The van der Waals surface area contributed by atoms with E-state index in [1.807, 2.05) is 43.3 Å². The summed E-state index contributed by atoms with van der Waals surface area (Å²) in [5.74, 6) is 0. The molecule has 1 atom stereocenters. The Kier molecular flexibility index (Phi) is 2.93. The average Bonchev–Trinajstić information content (AvgIpc) is 2.30. The zero-order chi connectivity index (χ0) is 11.5. The molecule has 2 aromatic carbocycles. The SMILES string of the molecule is Cc1ccc(C(O)c2ccc(N)cc2)cc1. The average molecular weight is 213 g/mol. The van der Waals surface area contributed by atoms with E-state index in [9.17, 15) is 5.11 Å². The van der Waals surface area contributed by atoms with Crippen molar-refractivity contribution in [3.63, 3.8) is 0 Å². The molecule has 0 bridgehead atoms. The molecule has 2 aromatic rings. The fraction of sp³-hybridized carbons (Fsp3) is 0.143. The fourth-order valence-corrected chi connectivity index (χ4v) is 1.62. The Balaban J connectivity index is 2.28. The third-order valence-electron chi connectivity index (χ3n) is 2.65. The molecule has 16 heavy (non-hydrogen) atoms. The smallest absolute Gasteiger partial charge is 0.104 e. The predicted molar refractivity (Wildman–Crippen MR) is 66.1 cm³/mol. The summed E-state index contributed by atoms with van der Waals surface area (Å²) in [6.07, 6.45) is -0.582. The maximum Gasteiger partial charge on any atom is 0.104 e. The molecule has 2 rings (SSSR count). The van der Waals surface area contributed by atoms with Crippen LogP contribution in [0.15, 0.2) is 48.5 Å². The lowest BCUT2D eigenvalue weighted by atomic mass is 10.0. The summed E-state index contributed by atoms with van der Waals surface area (Å²) < 4.78 is 0. The molecular formula is C14H15NO. The Labute approximate surface area is 95.4 Å². The monoisotopic (exact) mass is 213 g/mol. The second-order valence-corrected chi connectivity index (χ2v) is 3.98. The van der Waals surface area contributed by atoms with Gasteiger partial charge in [-0.25, -0.2) is 0 Å². The first-order valence-corrected chi connectivity index (χ1v) is 5.27. The van der Waals surface area contributed by atoms with Crippen LogP contribution in [0, 0.1) is 6.92 Å². The lowest BCUT2D eigenvalue weighted by Gasteiger charge is -2.11. The van der Waals surface area contributed by atoms with Crippen molar-refractivity contribution in [1.82, 2.24) is 0 Å². The maximum absolute atomic E-state index is 10.1. The maximum atomic E-state index is 10.1. The summed E-state index contributed by atoms with van der Waals surface area (Å²) in [4.78, 5) is 0. The highest BCUT2D eigenvalue weighted by Gasteiger charge is 2.09. The van der Waals surface area contributed by atoms with Gasteiger partial charge in [0.2, 0.25) is 0 Å². The van der Waals surface area contributed by atoms with Gasteiger partial charge >= 0.3 is 0 Å². The van der Waals surface area contributed by atoms with Crippen molar-refractivity contribution in [2.45, 2.75) is 13.0 Å². The van der Waals surface area contributed by atoms with Crippen LogP contribution >= 0.6 is 0 Å². The minimum Gasteiger partial charge on any atom is -0.399 e. The van der Waals surface area contributed by atoms with Crippen LogP contribution in [0.3, 0.4) is 0 Å². The van der Waals surface area contributed by atoms with Crippen LogP contribution in [0.5, 0.6) is 0 Å². The highest BCUT2D eigenvalue weighted by atomic mass is 16.3. The van der Waals surface area contributed by atoms with Crippen LogP contribution in [-0.2, 0) is 0 Å². The lowest BCUT2D eigenvalue weighted by Crippen LogP contribution is -1.99. The largest absolute Gasteiger partial charge is 0.399 e. The van der Waals surface area contributed by atoms with Gasteiger partial charge in [0.15, 0.2) is 0 Å². The Morgan fingerprint density at radius 3 is 1.81 bits per heavy atom. The summed E-state index contributed by atoms with van der Waals surface area (Å²) in [5, 5.41) is 10.1. The molecule has 2 nitrogen and oxygen atoms in total. The van der Waals surface area contributed by atoms with Gasteiger partial charge in [0.25, 0.3) is 0 Å². The number of hydrogen-bond donors (Lipinski definition) is 2. The van der Waals surface area contributed by atoms with Gasteiger partial charge in [-0.05, 0) is 30.2 Å². The normalized spacial score (nSPS) is 12.4. The van der Waals surface area contributed by atoms with Gasteiger partial charge in [-0.1, -0.05) is 42.0 Å². The van der Waals surface area contributed by atoms with Gasteiger partial charge in [0, 0.05) is 5.69 Å². The molecule has 0 aliphatic carbocycles. The summed E-state index contributed by atoms with van der Waals surface area (Å²) >= 11 is 0. The molecule has 0 aliphatic heterocycles. The molecule has 0 saturated heterocycles. The van der Waals surface area contributed by atoms with Crippen LogP contribution < -0.4 is 5.73 Å². The topological polar surface area (TPSA) is 46.2 Å². The number of aliphatic hydroxyl groups is 1. The van der Waals surface area contributed by atoms with E-state index in [0.717, 1.165) is 11.1 Å². The Hall–Kier alpha value is -1.80. The number of nitrogen functional groups attached to an aromatic ring is 1. The van der Waals surface area contributed by atoms with Crippen molar-refractivity contribution >= 4 is 5.69 Å². The van der Waals surface area contributed by atoms with E-state index in [1.165, 1.54) is 5.56 Å². The summed E-state index contributed by atoms with van der Waals surface area (Å²) in [7, 11) is 0. The zero-order valence-electron chi connectivity index (χ0n) is 9.22. The van der Waals surface area contributed by atoms with Crippen LogP contribution in [-0.4, -0.2) is 5.11 Å². The van der Waals surface area contributed by atoms with Crippen molar-refractivity contribution in [2.75, 3.05) is 5.73 Å². The quantitative estimate of drug-likeness (QED) is 0.753. The van der Waals surface area contributed by atoms with E-state index >= 15 is 0 Å². The summed E-state index contributed by atoms with van der Waals surface area (Å²) in [6, 6.07) is 15.2. The predicted octanol–water partition coefficient (Wildman–Crippen LogP) is 2.66. The number of aliphatic hydroxyl groups excluding tert-OH is 1. The molecule has 0 aliphatic rings. The molecule has 2 heteroatoms. The first kappa shape index (κ1) is 10.7. The van der Waals surface area contributed by atoms with Crippen molar-refractivity contribution < 1.29 is 5.11 Å². The molecule has 0 radical (unpaired) electrons. The minimum atomic E-state index is -0.582. The lowest BCUT2D eigenvalue weighted by molar-refractivity contribution is 0.220. The molecule has 0 heterocycles. The van der Waals surface area contributed by atoms with Gasteiger partial charge in [-0.2, -0.15) is 0 Å². The standard InChI is InChI=1S/C14H15NO/c1-10-2-4-11(5-3-10)14(16)12-6-8-13(15)9-7-12/h2-9,14,16H,15H2,1H3. The first-order valence-electron chi connectivity index (χ1n) is 5.27. The molecule has 1 unspecified atom stereocenters. The van der Waals surface area contributed by atoms with Gasteiger partial charge in [0.05, 0.1) is 0 Å². The number of rotatable bonds is 2. The molecule has 0 amide bonds. The molecule has 0 aromatic heterocycles. The van der Waals surface area contributed by atoms with Gasteiger partial charge in [0.1, 0.15) is 6.10 Å². The fourth-order valence-electron chi connectivity index (χ4n) is 1.62. The van der Waals surface area contributed by atoms with Crippen LogP contribution in [0.1, 0.15) is 22.8 Å². The van der Waals surface area contributed by atoms with Crippen molar-refractivity contribution in [2.24, 2.45) is 0 Å². The number of hydrogen-bond acceptors (Lipinski definition) is 2. The highest BCUT2D eigenvalue weighted by Crippen LogP contribution is 2.22. The molecule has 82 valence electrons. The zero-order valence-corrected chi connectivity index (χ0v) is 9.22. The second-order valence-electron chi connectivity index (χ2n) is 3.98. The van der Waals surface area contributed by atoms with Crippen LogP contribution in [0.2, 0.25) is 0 Å². The Bertz CT molecular complexity index is 414. The van der Waals surface area contributed by atoms with Crippen LogP contribution in [0.4, 0.5) is 5.69 Å². The van der Waals surface area contributed by atoms with Gasteiger partial charge in [-0.15, -0.1) is 0 Å². The molecule has 3 N–H and O–H groups in total. The van der Waals surface area contributed by atoms with E-state index in [-0.39, 0.29) is 0 Å². The number of anilines is 1. The molecule has 0 saturated carbocycles. The third-order valence-corrected chi connectivity index (χ3v) is 2.65. The van der Waals surface area contributed by atoms with Crippen molar-refractivity contribution in [1.29, 1.82) is 0 Å². The summed E-state index contributed by atoms with van der Waals surface area (Å²) in [6.45, 7) is 2.03. The van der Waals surface area contributed by atoms with E-state index in [0.29, 0.717) is 5.69 Å². The Morgan fingerprint density at radius 2 is 1.31 bits per heavy atom. The third kappa shape index (κ3) is 2.23. The number of aryl methyl sites for hydroxylation is 1. The molecular weight excluding hydrogens is 198 g/mol. The second kappa shape index (κ2) is 4.37. The van der Waals surface area contributed by atoms with Gasteiger partial charge < -0.3 is 10.8 Å².